The third-order valence-electron chi connectivity index (χ3n) is 2.91. The molecule has 4 N–H and O–H groups in total. The van der Waals surface area contributed by atoms with Crippen LogP contribution < -0.4 is 20.5 Å². The van der Waals surface area contributed by atoms with Crippen molar-refractivity contribution in [2.45, 2.75) is 4.90 Å². The van der Waals surface area contributed by atoms with E-state index in [9.17, 15) is 8.42 Å². The molecule has 112 valence electrons. The Balaban J connectivity index is 2.44. The second kappa shape index (κ2) is 6.02. The van der Waals surface area contributed by atoms with Crippen LogP contribution in [0.15, 0.2) is 47.4 Å². The molecule has 0 fully saturated rings. The Bertz CT molecular complexity index is 745. The maximum Gasteiger partial charge on any atom is 0.242 e. The molecule has 0 aliphatic heterocycles. The van der Waals surface area contributed by atoms with E-state index >= 15 is 0 Å². The third kappa shape index (κ3) is 3.45. The van der Waals surface area contributed by atoms with Crippen LogP contribution in [-0.4, -0.2) is 22.6 Å². The van der Waals surface area contributed by atoms with E-state index in [0.717, 1.165) is 0 Å². The van der Waals surface area contributed by atoms with Gasteiger partial charge in [-0.2, -0.15) is 0 Å². The van der Waals surface area contributed by atoms with Gasteiger partial charge in [0.1, 0.15) is 10.6 Å². The molecule has 0 aromatic heterocycles. The quantitative estimate of drug-likeness (QED) is 0.734. The van der Waals surface area contributed by atoms with Gasteiger partial charge in [0.05, 0.1) is 12.8 Å². The first kappa shape index (κ1) is 15.1. The third-order valence-corrected chi connectivity index (χ3v) is 4.37. The second-order valence-corrected chi connectivity index (χ2v) is 6.18. The minimum Gasteiger partial charge on any atom is -0.497 e. The fraction of sp³-hybridized carbons (Fsp3) is 0.143. The molecule has 2 aromatic rings. The van der Waals surface area contributed by atoms with Gasteiger partial charge in [0.2, 0.25) is 10.0 Å². The molecule has 0 atom stereocenters. The minimum absolute atomic E-state index is 0.0906. The average molecular weight is 307 g/mol. The van der Waals surface area contributed by atoms with Gasteiger partial charge in [0, 0.05) is 17.4 Å². The topological polar surface area (TPSA) is 93.5 Å². The molecule has 0 heterocycles. The SMILES string of the molecule is CNS(=O)(=O)c1cc(N)ccc1Nc1cccc(OC)c1. The summed E-state index contributed by atoms with van der Waals surface area (Å²) in [5, 5.41) is 3.06. The van der Waals surface area contributed by atoms with Crippen LogP contribution in [0.1, 0.15) is 0 Å². The lowest BCUT2D eigenvalue weighted by Gasteiger charge is -2.13. The van der Waals surface area contributed by atoms with Gasteiger partial charge in [0.25, 0.3) is 0 Å². The van der Waals surface area contributed by atoms with Gasteiger partial charge in [-0.05, 0) is 37.4 Å². The lowest BCUT2D eigenvalue weighted by atomic mass is 10.2. The van der Waals surface area contributed by atoms with Crippen molar-refractivity contribution in [2.24, 2.45) is 0 Å². The summed E-state index contributed by atoms with van der Waals surface area (Å²) in [5.41, 5.74) is 7.20. The normalized spacial score (nSPS) is 11.1. The van der Waals surface area contributed by atoms with Crippen molar-refractivity contribution < 1.29 is 13.2 Å². The monoisotopic (exact) mass is 307 g/mol. The molecule has 0 saturated carbocycles. The van der Waals surface area contributed by atoms with Crippen molar-refractivity contribution in [3.05, 3.63) is 42.5 Å². The lowest BCUT2D eigenvalue weighted by molar-refractivity contribution is 0.415. The maximum atomic E-state index is 12.1. The largest absolute Gasteiger partial charge is 0.497 e. The van der Waals surface area contributed by atoms with Crippen molar-refractivity contribution in [1.82, 2.24) is 4.72 Å². The molecule has 0 spiro atoms. The van der Waals surface area contributed by atoms with Gasteiger partial charge in [-0.1, -0.05) is 6.07 Å². The second-order valence-electron chi connectivity index (χ2n) is 4.32. The molecular weight excluding hydrogens is 290 g/mol. The molecular formula is C14H17N3O3S. The Morgan fingerprint density at radius 3 is 2.57 bits per heavy atom. The van der Waals surface area contributed by atoms with Crippen molar-refractivity contribution in [1.29, 1.82) is 0 Å². The number of hydrogen-bond acceptors (Lipinski definition) is 5. The highest BCUT2D eigenvalue weighted by Crippen LogP contribution is 2.28. The van der Waals surface area contributed by atoms with Crippen molar-refractivity contribution in [3.8, 4) is 5.75 Å². The van der Waals surface area contributed by atoms with E-state index in [1.165, 1.54) is 13.1 Å². The number of nitrogens with one attached hydrogen (secondary N) is 2. The van der Waals surface area contributed by atoms with Crippen LogP contribution in [0.3, 0.4) is 0 Å². The molecule has 6 nitrogen and oxygen atoms in total. The van der Waals surface area contributed by atoms with E-state index in [-0.39, 0.29) is 4.90 Å². The molecule has 0 amide bonds. The van der Waals surface area contributed by atoms with E-state index < -0.39 is 10.0 Å². The highest BCUT2D eigenvalue weighted by Gasteiger charge is 2.17. The Hall–Kier alpha value is -2.25. The number of hydrogen-bond donors (Lipinski definition) is 3. The fourth-order valence-electron chi connectivity index (χ4n) is 1.83. The Kier molecular flexibility index (Phi) is 4.35. The fourth-order valence-corrected chi connectivity index (χ4v) is 2.75. The number of benzene rings is 2. The Morgan fingerprint density at radius 1 is 1.14 bits per heavy atom. The summed E-state index contributed by atoms with van der Waals surface area (Å²) in [5.74, 6) is 0.675. The van der Waals surface area contributed by atoms with Gasteiger partial charge in [0.15, 0.2) is 0 Å². The summed E-state index contributed by atoms with van der Waals surface area (Å²) in [6.45, 7) is 0. The Morgan fingerprint density at radius 2 is 1.90 bits per heavy atom. The molecule has 7 heteroatoms. The molecule has 0 radical (unpaired) electrons. The van der Waals surface area contributed by atoms with Crippen LogP contribution in [0, 0.1) is 0 Å². The Labute approximate surface area is 124 Å². The zero-order chi connectivity index (χ0) is 15.5. The van der Waals surface area contributed by atoms with E-state index in [2.05, 4.69) is 10.0 Å². The zero-order valence-electron chi connectivity index (χ0n) is 11.8. The van der Waals surface area contributed by atoms with Gasteiger partial charge < -0.3 is 15.8 Å². The van der Waals surface area contributed by atoms with Crippen molar-refractivity contribution >= 4 is 27.1 Å². The van der Waals surface area contributed by atoms with Crippen LogP contribution in [0.2, 0.25) is 0 Å². The predicted octanol–water partition coefficient (Wildman–Crippen LogP) is 1.93. The van der Waals surface area contributed by atoms with Gasteiger partial charge in [-0.3, -0.25) is 0 Å². The average Bonchev–Trinajstić information content (AvgIpc) is 2.49. The molecule has 0 unspecified atom stereocenters. The van der Waals surface area contributed by atoms with Gasteiger partial charge in [-0.25, -0.2) is 13.1 Å². The van der Waals surface area contributed by atoms with Crippen LogP contribution in [0.5, 0.6) is 5.75 Å². The number of ether oxygens (including phenoxy) is 1. The summed E-state index contributed by atoms with van der Waals surface area (Å²) in [6, 6.07) is 11.9. The summed E-state index contributed by atoms with van der Waals surface area (Å²) in [4.78, 5) is 0.0906. The molecule has 0 aliphatic rings. The zero-order valence-corrected chi connectivity index (χ0v) is 12.6. The number of sulfonamides is 1. The van der Waals surface area contributed by atoms with Gasteiger partial charge in [-0.15, -0.1) is 0 Å². The summed E-state index contributed by atoms with van der Waals surface area (Å²) in [6.07, 6.45) is 0. The molecule has 0 bridgehead atoms. The predicted molar refractivity (Wildman–Crippen MR) is 83.4 cm³/mol. The van der Waals surface area contributed by atoms with Gasteiger partial charge >= 0.3 is 0 Å². The van der Waals surface area contributed by atoms with Crippen molar-refractivity contribution in [2.75, 3.05) is 25.2 Å². The standard InChI is InChI=1S/C14H17N3O3S/c1-16-21(18,19)14-8-10(15)6-7-13(14)17-11-4-3-5-12(9-11)20-2/h3-9,16-17H,15H2,1-2H3. The van der Waals surface area contributed by atoms with E-state index in [1.807, 2.05) is 12.1 Å². The number of nitrogen functional groups attached to an aromatic ring is 1. The van der Waals surface area contributed by atoms with Crippen LogP contribution >= 0.6 is 0 Å². The smallest absolute Gasteiger partial charge is 0.242 e. The number of nitrogens with two attached hydrogens (primary N) is 1. The summed E-state index contributed by atoms with van der Waals surface area (Å²) in [7, 11) is -0.687. The van der Waals surface area contributed by atoms with Crippen LogP contribution in [-0.2, 0) is 10.0 Å². The van der Waals surface area contributed by atoms with Crippen LogP contribution in [0.4, 0.5) is 17.1 Å². The molecule has 2 aromatic carbocycles. The van der Waals surface area contributed by atoms with Crippen LogP contribution in [0.25, 0.3) is 0 Å². The number of rotatable bonds is 5. The first-order valence-corrected chi connectivity index (χ1v) is 7.69. The molecule has 2 rings (SSSR count). The molecule has 0 aliphatic carbocycles. The molecule has 0 saturated heterocycles. The maximum absolute atomic E-state index is 12.1. The first-order chi connectivity index (χ1) is 9.96. The highest BCUT2D eigenvalue weighted by molar-refractivity contribution is 7.89. The van der Waals surface area contributed by atoms with Crippen molar-refractivity contribution in [3.63, 3.8) is 0 Å². The minimum atomic E-state index is -3.61. The first-order valence-electron chi connectivity index (χ1n) is 6.20. The van der Waals surface area contributed by atoms with E-state index in [1.54, 1.807) is 31.4 Å². The number of methoxy groups -OCH3 is 1. The summed E-state index contributed by atoms with van der Waals surface area (Å²) < 4.78 is 31.5. The number of anilines is 3. The van der Waals surface area contributed by atoms with E-state index in [0.29, 0.717) is 22.8 Å². The molecule has 21 heavy (non-hydrogen) atoms. The van der Waals surface area contributed by atoms with E-state index in [4.69, 9.17) is 10.5 Å². The highest BCUT2D eigenvalue weighted by atomic mass is 32.2. The summed E-state index contributed by atoms with van der Waals surface area (Å²) >= 11 is 0. The lowest BCUT2D eigenvalue weighted by Crippen LogP contribution is -2.20.